The normalized spacial score (nSPS) is 16.6. The van der Waals surface area contributed by atoms with Crippen molar-refractivity contribution in [1.29, 1.82) is 0 Å². The fourth-order valence-electron chi connectivity index (χ4n) is 3.49. The molecule has 34 heavy (non-hydrogen) atoms. The topological polar surface area (TPSA) is 99.1 Å². The first-order valence-corrected chi connectivity index (χ1v) is 11.6. The van der Waals surface area contributed by atoms with Crippen LogP contribution in [0.4, 0.5) is 5.69 Å². The van der Waals surface area contributed by atoms with Crippen LogP contribution in [0.15, 0.2) is 89.9 Å². The first-order chi connectivity index (χ1) is 16.5. The molecule has 1 atom stereocenters. The largest absolute Gasteiger partial charge is 0.478 e. The second-order valence-electron chi connectivity index (χ2n) is 7.74. The molecule has 3 aromatic rings. The van der Waals surface area contributed by atoms with E-state index in [9.17, 15) is 14.4 Å². The van der Waals surface area contributed by atoms with Crippen molar-refractivity contribution in [3.05, 3.63) is 102 Å². The number of aromatic carboxylic acids is 1. The standard InChI is InChI=1S/C26H23N3O4S/c30-23(28-21-13-11-20(12-14-21)25(32)33)15-22-24(31)29(17-19-9-5-2-6-10-19)26(34-22)27-16-18-7-3-1-4-8-18/h1-14,22H,15-17H2,(H,28,30)(H,32,33)/t22-/m0/s1. The van der Waals surface area contributed by atoms with Gasteiger partial charge in [0, 0.05) is 12.1 Å². The Kier molecular flexibility index (Phi) is 7.39. The maximum Gasteiger partial charge on any atom is 0.335 e. The van der Waals surface area contributed by atoms with Crippen LogP contribution >= 0.6 is 11.8 Å². The molecule has 0 saturated carbocycles. The van der Waals surface area contributed by atoms with Gasteiger partial charge in [0.25, 0.3) is 0 Å². The molecule has 0 bridgehead atoms. The molecule has 7 nitrogen and oxygen atoms in total. The molecule has 4 rings (SSSR count). The Hall–Kier alpha value is -3.91. The maximum atomic E-state index is 13.2. The van der Waals surface area contributed by atoms with E-state index in [0.717, 1.165) is 11.1 Å². The number of aliphatic imine (C=N–C) groups is 1. The average molecular weight is 474 g/mol. The first kappa shape index (κ1) is 23.3. The van der Waals surface area contributed by atoms with E-state index >= 15 is 0 Å². The molecule has 0 radical (unpaired) electrons. The number of hydrogen-bond donors (Lipinski definition) is 2. The number of amides is 2. The van der Waals surface area contributed by atoms with E-state index in [-0.39, 0.29) is 23.8 Å². The summed E-state index contributed by atoms with van der Waals surface area (Å²) in [5.74, 6) is -1.51. The van der Waals surface area contributed by atoms with E-state index in [2.05, 4.69) is 10.3 Å². The summed E-state index contributed by atoms with van der Waals surface area (Å²) in [4.78, 5) is 43.2. The molecule has 0 aromatic heterocycles. The zero-order valence-electron chi connectivity index (χ0n) is 18.3. The lowest BCUT2D eigenvalue weighted by molar-refractivity contribution is -0.128. The molecule has 1 saturated heterocycles. The van der Waals surface area contributed by atoms with Gasteiger partial charge in [-0.2, -0.15) is 0 Å². The third kappa shape index (κ3) is 5.90. The Morgan fingerprint density at radius 3 is 2.15 bits per heavy atom. The molecule has 8 heteroatoms. The van der Waals surface area contributed by atoms with Crippen molar-refractivity contribution in [2.24, 2.45) is 4.99 Å². The molecule has 0 aliphatic carbocycles. The molecule has 3 aromatic carbocycles. The summed E-state index contributed by atoms with van der Waals surface area (Å²) in [6.07, 6.45) is -0.0141. The minimum atomic E-state index is -1.04. The van der Waals surface area contributed by atoms with Crippen LogP contribution in [-0.2, 0) is 22.7 Å². The van der Waals surface area contributed by atoms with E-state index in [1.165, 1.54) is 36.0 Å². The predicted octanol–water partition coefficient (Wildman–Crippen LogP) is 4.41. The van der Waals surface area contributed by atoms with Crippen molar-refractivity contribution in [3.63, 3.8) is 0 Å². The Bertz CT molecular complexity index is 1200. The summed E-state index contributed by atoms with van der Waals surface area (Å²) in [6.45, 7) is 0.825. The molecule has 1 fully saturated rings. The van der Waals surface area contributed by atoms with Crippen molar-refractivity contribution < 1.29 is 19.5 Å². The van der Waals surface area contributed by atoms with Crippen LogP contribution in [-0.4, -0.2) is 38.2 Å². The summed E-state index contributed by atoms with van der Waals surface area (Å²) in [5, 5.41) is 11.8. The minimum Gasteiger partial charge on any atom is -0.478 e. The van der Waals surface area contributed by atoms with Gasteiger partial charge in [0.15, 0.2) is 5.17 Å². The fourth-order valence-corrected chi connectivity index (χ4v) is 4.63. The van der Waals surface area contributed by atoms with Crippen LogP contribution in [0.3, 0.4) is 0 Å². The predicted molar refractivity (Wildman–Crippen MR) is 133 cm³/mol. The number of carbonyl (C=O) groups excluding carboxylic acids is 2. The smallest absolute Gasteiger partial charge is 0.335 e. The Balaban J connectivity index is 1.46. The highest BCUT2D eigenvalue weighted by Gasteiger charge is 2.39. The van der Waals surface area contributed by atoms with E-state index in [1.807, 2.05) is 60.7 Å². The number of carboxylic acids is 1. The summed E-state index contributed by atoms with van der Waals surface area (Å²) < 4.78 is 0. The SMILES string of the molecule is O=C(C[C@@H]1SC(=NCc2ccccc2)N(Cc2ccccc2)C1=O)Nc1ccc(C(=O)O)cc1. The summed E-state index contributed by atoms with van der Waals surface area (Å²) in [5.41, 5.74) is 2.63. The lowest BCUT2D eigenvalue weighted by atomic mass is 10.2. The second-order valence-corrected chi connectivity index (χ2v) is 8.91. The molecular formula is C26H23N3O4S. The maximum absolute atomic E-state index is 13.2. The second kappa shape index (κ2) is 10.8. The third-order valence-electron chi connectivity index (χ3n) is 5.23. The van der Waals surface area contributed by atoms with Gasteiger partial charge < -0.3 is 10.4 Å². The number of carbonyl (C=O) groups is 3. The number of nitrogens with one attached hydrogen (secondary N) is 1. The monoisotopic (exact) mass is 473 g/mol. The molecule has 1 heterocycles. The third-order valence-corrected chi connectivity index (χ3v) is 6.44. The highest BCUT2D eigenvalue weighted by atomic mass is 32.2. The van der Waals surface area contributed by atoms with Gasteiger partial charge in [-0.1, -0.05) is 72.4 Å². The van der Waals surface area contributed by atoms with Crippen LogP contribution in [0.2, 0.25) is 0 Å². The summed E-state index contributed by atoms with van der Waals surface area (Å²) >= 11 is 1.30. The number of hydrogen-bond acceptors (Lipinski definition) is 5. The number of nitrogens with zero attached hydrogens (tertiary/aromatic N) is 2. The number of amidine groups is 1. The van der Waals surface area contributed by atoms with E-state index in [4.69, 9.17) is 5.11 Å². The molecule has 172 valence electrons. The molecule has 2 N–H and O–H groups in total. The van der Waals surface area contributed by atoms with Gasteiger partial charge in [-0.05, 0) is 35.4 Å². The lowest BCUT2D eigenvalue weighted by Gasteiger charge is -2.16. The number of carboxylic acid groups (broad SMARTS) is 1. The molecule has 2 amide bonds. The van der Waals surface area contributed by atoms with Gasteiger partial charge in [0.05, 0.1) is 18.7 Å². The van der Waals surface area contributed by atoms with Gasteiger partial charge in [-0.15, -0.1) is 0 Å². The van der Waals surface area contributed by atoms with Gasteiger partial charge in [-0.25, -0.2) is 4.79 Å². The van der Waals surface area contributed by atoms with Crippen molar-refractivity contribution in [3.8, 4) is 0 Å². The Morgan fingerprint density at radius 2 is 1.53 bits per heavy atom. The van der Waals surface area contributed by atoms with Gasteiger partial charge >= 0.3 is 5.97 Å². The fraction of sp³-hybridized carbons (Fsp3) is 0.154. The minimum absolute atomic E-state index is 0.0141. The van der Waals surface area contributed by atoms with E-state index in [0.29, 0.717) is 23.9 Å². The molecule has 1 aliphatic rings. The molecular weight excluding hydrogens is 450 g/mol. The van der Waals surface area contributed by atoms with Gasteiger partial charge in [0.2, 0.25) is 11.8 Å². The first-order valence-electron chi connectivity index (χ1n) is 10.7. The quantitative estimate of drug-likeness (QED) is 0.505. The highest BCUT2D eigenvalue weighted by molar-refractivity contribution is 8.15. The molecule has 0 unspecified atom stereocenters. The van der Waals surface area contributed by atoms with Crippen molar-refractivity contribution in [2.45, 2.75) is 24.8 Å². The van der Waals surface area contributed by atoms with E-state index in [1.54, 1.807) is 4.90 Å². The number of rotatable bonds is 8. The lowest BCUT2D eigenvalue weighted by Crippen LogP contribution is -2.33. The Labute approximate surface area is 201 Å². The summed E-state index contributed by atoms with van der Waals surface area (Å²) in [7, 11) is 0. The van der Waals surface area contributed by atoms with Crippen molar-refractivity contribution in [1.82, 2.24) is 4.90 Å². The number of benzene rings is 3. The van der Waals surface area contributed by atoms with Crippen LogP contribution in [0, 0.1) is 0 Å². The highest BCUT2D eigenvalue weighted by Crippen LogP contribution is 2.31. The number of anilines is 1. The van der Waals surface area contributed by atoms with E-state index < -0.39 is 11.2 Å². The van der Waals surface area contributed by atoms with Gasteiger partial charge in [0.1, 0.15) is 5.25 Å². The molecule has 1 aliphatic heterocycles. The summed E-state index contributed by atoms with van der Waals surface area (Å²) in [6, 6.07) is 25.4. The van der Waals surface area contributed by atoms with Gasteiger partial charge in [-0.3, -0.25) is 19.5 Å². The molecule has 0 spiro atoms. The van der Waals surface area contributed by atoms with Crippen LogP contribution in [0.5, 0.6) is 0 Å². The van der Waals surface area contributed by atoms with Crippen LogP contribution in [0.1, 0.15) is 27.9 Å². The van der Waals surface area contributed by atoms with Crippen LogP contribution < -0.4 is 5.32 Å². The van der Waals surface area contributed by atoms with Crippen molar-refractivity contribution in [2.75, 3.05) is 5.32 Å². The average Bonchev–Trinajstić information content (AvgIpc) is 3.13. The zero-order chi connectivity index (χ0) is 23.9. The van der Waals surface area contributed by atoms with Crippen LogP contribution in [0.25, 0.3) is 0 Å². The Morgan fingerprint density at radius 1 is 0.912 bits per heavy atom. The number of thioether (sulfide) groups is 1. The zero-order valence-corrected chi connectivity index (χ0v) is 19.1. The van der Waals surface area contributed by atoms with Crippen molar-refractivity contribution >= 4 is 40.4 Å².